The first kappa shape index (κ1) is 21.9. The van der Waals surface area contributed by atoms with Crippen molar-refractivity contribution in [2.24, 2.45) is 0 Å². The fourth-order valence-corrected chi connectivity index (χ4v) is 2.93. The highest BCUT2D eigenvalue weighted by Crippen LogP contribution is 2.28. The molecule has 2 rings (SSSR count). The monoisotopic (exact) mass is 398 g/mol. The highest BCUT2D eigenvalue weighted by Gasteiger charge is 2.21. The van der Waals surface area contributed by atoms with E-state index in [1.807, 2.05) is 25.1 Å². The Hall–Kier alpha value is -3.35. The summed E-state index contributed by atoms with van der Waals surface area (Å²) in [6.07, 6.45) is 0.0247. The van der Waals surface area contributed by atoms with Crippen molar-refractivity contribution in [1.82, 2.24) is 5.32 Å². The number of carbonyl (C=O) groups is 3. The number of carboxylic acid groups (broad SMARTS) is 1. The van der Waals surface area contributed by atoms with Crippen LogP contribution in [0.1, 0.15) is 50.3 Å². The number of rotatable bonds is 9. The van der Waals surface area contributed by atoms with Crippen LogP contribution in [0.25, 0.3) is 0 Å². The molecule has 0 radical (unpaired) electrons. The molecule has 0 bridgehead atoms. The lowest BCUT2D eigenvalue weighted by Gasteiger charge is -2.21. The Bertz CT molecular complexity index is 864. The quantitative estimate of drug-likeness (QED) is 0.600. The Morgan fingerprint density at radius 1 is 1.07 bits per heavy atom. The van der Waals surface area contributed by atoms with E-state index in [9.17, 15) is 14.4 Å². The van der Waals surface area contributed by atoms with Crippen molar-refractivity contribution < 1.29 is 24.2 Å². The Balaban J connectivity index is 2.13. The summed E-state index contributed by atoms with van der Waals surface area (Å²) in [5, 5.41) is 14.7. The molecule has 0 aliphatic rings. The second kappa shape index (κ2) is 10.3. The molecule has 0 saturated heterocycles. The number of amides is 2. The van der Waals surface area contributed by atoms with E-state index in [-0.39, 0.29) is 18.2 Å². The molecule has 2 unspecified atom stereocenters. The van der Waals surface area contributed by atoms with Crippen LogP contribution < -0.4 is 15.4 Å². The molecule has 7 heteroatoms. The predicted molar refractivity (Wildman–Crippen MR) is 110 cm³/mol. The minimum atomic E-state index is -0.909. The summed E-state index contributed by atoms with van der Waals surface area (Å²) in [7, 11) is 0. The van der Waals surface area contributed by atoms with Gasteiger partial charge in [-0.05, 0) is 37.6 Å². The normalized spacial score (nSPS) is 12.5. The van der Waals surface area contributed by atoms with E-state index in [0.29, 0.717) is 23.6 Å². The number of carboxylic acids is 1. The van der Waals surface area contributed by atoms with Gasteiger partial charge in [-0.15, -0.1) is 0 Å². The largest absolute Gasteiger partial charge is 0.494 e. The van der Waals surface area contributed by atoms with Crippen LogP contribution in [-0.4, -0.2) is 29.5 Å². The van der Waals surface area contributed by atoms with E-state index in [4.69, 9.17) is 9.84 Å². The van der Waals surface area contributed by atoms with Gasteiger partial charge in [0, 0.05) is 18.2 Å². The number of aliphatic carboxylic acids is 1. The van der Waals surface area contributed by atoms with E-state index in [1.54, 1.807) is 37.3 Å². The van der Waals surface area contributed by atoms with Crippen molar-refractivity contribution in [3.05, 3.63) is 59.7 Å². The fourth-order valence-electron chi connectivity index (χ4n) is 2.93. The lowest BCUT2D eigenvalue weighted by molar-refractivity contribution is -0.138. The van der Waals surface area contributed by atoms with Crippen LogP contribution in [0.3, 0.4) is 0 Å². The average molecular weight is 398 g/mol. The zero-order chi connectivity index (χ0) is 21.4. The van der Waals surface area contributed by atoms with E-state index in [1.165, 1.54) is 6.92 Å². The van der Waals surface area contributed by atoms with Crippen molar-refractivity contribution >= 4 is 23.5 Å². The van der Waals surface area contributed by atoms with Gasteiger partial charge in [0.25, 0.3) is 0 Å². The molecule has 0 heterocycles. The molecule has 3 N–H and O–H groups in total. The molecule has 0 aromatic heterocycles. The summed E-state index contributed by atoms with van der Waals surface area (Å²) >= 11 is 0. The minimum absolute atomic E-state index is 0.0247. The van der Waals surface area contributed by atoms with Crippen LogP contribution in [0.2, 0.25) is 0 Å². The molecule has 7 nitrogen and oxygen atoms in total. The summed E-state index contributed by atoms with van der Waals surface area (Å²) < 4.78 is 5.62. The lowest BCUT2D eigenvalue weighted by atomic mass is 10.0. The van der Waals surface area contributed by atoms with Gasteiger partial charge in [0.05, 0.1) is 25.0 Å². The molecule has 0 fully saturated rings. The molecule has 2 amide bonds. The van der Waals surface area contributed by atoms with Gasteiger partial charge in [0.15, 0.2) is 0 Å². The summed E-state index contributed by atoms with van der Waals surface area (Å²) in [5.41, 5.74) is 1.93. The number of ether oxygens (including phenoxy) is 1. The maximum absolute atomic E-state index is 12.6. The first-order valence-electron chi connectivity index (χ1n) is 9.43. The van der Waals surface area contributed by atoms with Gasteiger partial charge in [0.2, 0.25) is 11.8 Å². The Morgan fingerprint density at radius 2 is 1.72 bits per heavy atom. The number of hydrogen-bond donors (Lipinski definition) is 3. The molecule has 0 saturated carbocycles. The average Bonchev–Trinajstić information content (AvgIpc) is 2.67. The highest BCUT2D eigenvalue weighted by atomic mass is 16.5. The molecule has 2 aromatic rings. The van der Waals surface area contributed by atoms with Crippen LogP contribution in [0.5, 0.6) is 5.75 Å². The zero-order valence-corrected chi connectivity index (χ0v) is 16.8. The number of carbonyl (C=O) groups excluding carboxylic acids is 2. The Morgan fingerprint density at radius 3 is 2.31 bits per heavy atom. The van der Waals surface area contributed by atoms with Crippen molar-refractivity contribution in [2.75, 3.05) is 11.9 Å². The van der Waals surface area contributed by atoms with E-state index >= 15 is 0 Å². The van der Waals surface area contributed by atoms with Crippen LogP contribution in [-0.2, 0) is 14.4 Å². The number of nitrogens with one attached hydrogen (secondary N) is 2. The molecule has 2 aromatic carbocycles. The standard InChI is InChI=1S/C22H26N2O5/c1-4-29-20-8-6-5-7-18(20)19(23-15(3)25)13-21(26)24-17-11-9-16(10-12-17)14(2)22(27)28/h5-12,14,19H,4,13H2,1-3H3,(H,23,25)(H,24,26)(H,27,28). The van der Waals surface area contributed by atoms with Crippen LogP contribution in [0.15, 0.2) is 48.5 Å². The van der Waals surface area contributed by atoms with Crippen LogP contribution in [0.4, 0.5) is 5.69 Å². The molecule has 0 aliphatic heterocycles. The molecular formula is C22H26N2O5. The molecule has 29 heavy (non-hydrogen) atoms. The van der Waals surface area contributed by atoms with Crippen molar-refractivity contribution in [2.45, 2.75) is 39.2 Å². The smallest absolute Gasteiger partial charge is 0.310 e. The van der Waals surface area contributed by atoms with E-state index in [0.717, 1.165) is 5.56 Å². The van der Waals surface area contributed by atoms with Gasteiger partial charge < -0.3 is 20.5 Å². The van der Waals surface area contributed by atoms with Gasteiger partial charge in [-0.2, -0.15) is 0 Å². The Kier molecular flexibility index (Phi) is 7.77. The molecule has 154 valence electrons. The summed E-state index contributed by atoms with van der Waals surface area (Å²) in [6.45, 7) is 5.34. The first-order chi connectivity index (χ1) is 13.8. The van der Waals surface area contributed by atoms with Crippen molar-refractivity contribution in [1.29, 1.82) is 0 Å². The first-order valence-corrected chi connectivity index (χ1v) is 9.43. The number of benzene rings is 2. The fraction of sp³-hybridized carbons (Fsp3) is 0.318. The molecular weight excluding hydrogens is 372 g/mol. The van der Waals surface area contributed by atoms with Crippen molar-refractivity contribution in [3.63, 3.8) is 0 Å². The molecule has 0 aliphatic carbocycles. The lowest BCUT2D eigenvalue weighted by Crippen LogP contribution is -2.30. The third-order valence-electron chi connectivity index (χ3n) is 4.43. The topological polar surface area (TPSA) is 105 Å². The third kappa shape index (κ3) is 6.34. The maximum Gasteiger partial charge on any atom is 0.310 e. The second-order valence-electron chi connectivity index (χ2n) is 6.66. The van der Waals surface area contributed by atoms with Crippen LogP contribution >= 0.6 is 0 Å². The van der Waals surface area contributed by atoms with E-state index < -0.39 is 17.9 Å². The summed E-state index contributed by atoms with van der Waals surface area (Å²) in [4.78, 5) is 35.3. The SMILES string of the molecule is CCOc1ccccc1C(CC(=O)Nc1ccc(C(C)C(=O)O)cc1)NC(C)=O. The zero-order valence-electron chi connectivity index (χ0n) is 16.8. The molecule has 0 spiro atoms. The molecule has 2 atom stereocenters. The van der Waals surface area contributed by atoms with Gasteiger partial charge >= 0.3 is 5.97 Å². The third-order valence-corrected chi connectivity index (χ3v) is 4.43. The Labute approximate surface area is 170 Å². The van der Waals surface area contributed by atoms with Gasteiger partial charge in [-0.3, -0.25) is 14.4 Å². The second-order valence-corrected chi connectivity index (χ2v) is 6.66. The summed E-state index contributed by atoms with van der Waals surface area (Å²) in [6, 6.07) is 13.4. The maximum atomic E-state index is 12.6. The van der Waals surface area contributed by atoms with Crippen LogP contribution in [0, 0.1) is 0 Å². The minimum Gasteiger partial charge on any atom is -0.494 e. The highest BCUT2D eigenvalue weighted by molar-refractivity contribution is 5.91. The number of para-hydroxylation sites is 1. The predicted octanol–water partition coefficient (Wildman–Crippen LogP) is 3.48. The van der Waals surface area contributed by atoms with Gasteiger partial charge in [-0.25, -0.2) is 0 Å². The summed E-state index contributed by atoms with van der Waals surface area (Å²) in [5.74, 6) is -1.45. The number of anilines is 1. The van der Waals surface area contributed by atoms with Gasteiger partial charge in [0.1, 0.15) is 5.75 Å². The number of hydrogen-bond acceptors (Lipinski definition) is 4. The van der Waals surface area contributed by atoms with E-state index in [2.05, 4.69) is 10.6 Å². The van der Waals surface area contributed by atoms with Gasteiger partial charge in [-0.1, -0.05) is 30.3 Å². The van der Waals surface area contributed by atoms with Crippen molar-refractivity contribution in [3.8, 4) is 5.75 Å².